The molecule has 0 N–H and O–H groups in total. The van der Waals surface area contributed by atoms with Crippen molar-refractivity contribution >= 4 is 21.6 Å². The average Bonchev–Trinajstić information content (AvgIpc) is 2.99. The molecular weight excluding hydrogens is 360 g/mol. The number of carbonyl (C=O) groups is 1. The lowest BCUT2D eigenvalue weighted by atomic mass is 9.79. The minimum absolute atomic E-state index is 0.0134. The summed E-state index contributed by atoms with van der Waals surface area (Å²) in [5, 5.41) is 0. The van der Waals surface area contributed by atoms with Crippen LogP contribution in [0, 0.1) is 5.41 Å². The molecule has 2 saturated heterocycles. The highest BCUT2D eigenvalue weighted by Gasteiger charge is 2.50. The second kappa shape index (κ2) is 7.09. The van der Waals surface area contributed by atoms with Crippen LogP contribution in [0.3, 0.4) is 0 Å². The molecule has 1 atom stereocenters. The lowest BCUT2D eigenvalue weighted by Crippen LogP contribution is -2.50. The first-order valence-corrected chi connectivity index (χ1v) is 11.0. The van der Waals surface area contributed by atoms with Crippen LogP contribution in [0.15, 0.2) is 60.7 Å². The quantitative estimate of drug-likeness (QED) is 0.814. The molecule has 2 heterocycles. The molecule has 27 heavy (non-hydrogen) atoms. The minimum atomic E-state index is -3.44. The maximum Gasteiger partial charge on any atom is 0.234 e. The summed E-state index contributed by atoms with van der Waals surface area (Å²) in [4.78, 5) is 15.0. The van der Waals surface area contributed by atoms with Gasteiger partial charge in [-0.15, -0.1) is 0 Å². The van der Waals surface area contributed by atoms with E-state index < -0.39 is 15.4 Å². The highest BCUT2D eigenvalue weighted by Crippen LogP contribution is 2.42. The Morgan fingerprint density at radius 2 is 1.56 bits per heavy atom. The summed E-state index contributed by atoms with van der Waals surface area (Å²) in [5.41, 5.74) is 1.09. The Balaban J connectivity index is 1.53. The number of sulfonamides is 1. The van der Waals surface area contributed by atoms with E-state index >= 15 is 0 Å². The van der Waals surface area contributed by atoms with Crippen LogP contribution in [-0.4, -0.2) is 38.3 Å². The van der Waals surface area contributed by atoms with Crippen molar-refractivity contribution in [3.63, 3.8) is 0 Å². The van der Waals surface area contributed by atoms with E-state index in [0.29, 0.717) is 26.1 Å². The minimum Gasteiger partial charge on any atom is -0.312 e. The third kappa shape index (κ3) is 3.51. The van der Waals surface area contributed by atoms with E-state index in [1.165, 1.54) is 4.31 Å². The van der Waals surface area contributed by atoms with E-state index in [9.17, 15) is 13.2 Å². The third-order valence-corrected chi connectivity index (χ3v) is 7.50. The van der Waals surface area contributed by atoms with Gasteiger partial charge < -0.3 is 4.90 Å². The van der Waals surface area contributed by atoms with E-state index in [4.69, 9.17) is 0 Å². The van der Waals surface area contributed by atoms with E-state index in [1.54, 1.807) is 0 Å². The van der Waals surface area contributed by atoms with E-state index in [-0.39, 0.29) is 11.7 Å². The Bertz CT molecular complexity index is 915. The molecule has 2 aromatic rings. The summed E-state index contributed by atoms with van der Waals surface area (Å²) in [5.74, 6) is 0.0499. The number of para-hydroxylation sites is 1. The lowest BCUT2D eigenvalue weighted by molar-refractivity contribution is -0.127. The molecule has 2 aliphatic heterocycles. The summed E-state index contributed by atoms with van der Waals surface area (Å²) >= 11 is 0. The molecule has 1 spiro atoms. The Morgan fingerprint density at radius 1 is 0.889 bits per heavy atom. The fourth-order valence-corrected chi connectivity index (χ4v) is 5.90. The molecule has 0 bridgehead atoms. The van der Waals surface area contributed by atoms with Crippen molar-refractivity contribution in [3.8, 4) is 0 Å². The maximum atomic E-state index is 13.2. The average molecular weight is 385 g/mol. The number of anilines is 1. The Morgan fingerprint density at radius 3 is 2.26 bits per heavy atom. The topological polar surface area (TPSA) is 57.7 Å². The van der Waals surface area contributed by atoms with Gasteiger partial charge in [-0.05, 0) is 37.0 Å². The van der Waals surface area contributed by atoms with Crippen LogP contribution in [0.2, 0.25) is 0 Å². The van der Waals surface area contributed by atoms with Gasteiger partial charge >= 0.3 is 0 Å². The first kappa shape index (κ1) is 18.2. The summed E-state index contributed by atoms with van der Waals surface area (Å²) in [6.45, 7) is 1.44. The molecule has 142 valence electrons. The van der Waals surface area contributed by atoms with Crippen molar-refractivity contribution in [2.24, 2.45) is 5.41 Å². The number of amides is 1. The van der Waals surface area contributed by atoms with Gasteiger partial charge in [0.1, 0.15) is 0 Å². The van der Waals surface area contributed by atoms with Gasteiger partial charge in [0.25, 0.3) is 0 Å². The van der Waals surface area contributed by atoms with Crippen LogP contribution in [-0.2, 0) is 20.6 Å². The number of hydrogen-bond acceptors (Lipinski definition) is 3. The second-order valence-corrected chi connectivity index (χ2v) is 9.47. The number of carbonyl (C=O) groups excluding carboxylic acids is 1. The fraction of sp³-hybridized carbons (Fsp3) is 0.381. The molecule has 0 saturated carbocycles. The standard InChI is InChI=1S/C21H24N2O3S/c24-20-21(13-15-23(20)19-10-5-2-6-11-19)12-7-14-22(17-21)27(25,26)16-18-8-3-1-4-9-18/h1-6,8-11H,7,12-17H2. The second-order valence-electron chi connectivity index (χ2n) is 7.50. The van der Waals surface area contributed by atoms with Gasteiger partial charge in [-0.2, -0.15) is 0 Å². The first-order chi connectivity index (χ1) is 13.0. The number of benzene rings is 2. The predicted molar refractivity (Wildman–Crippen MR) is 106 cm³/mol. The van der Waals surface area contributed by atoms with Crippen LogP contribution in [0.5, 0.6) is 0 Å². The Hall–Kier alpha value is -2.18. The molecular formula is C21H24N2O3S. The normalized spacial score (nSPS) is 23.9. The number of nitrogens with zero attached hydrogens (tertiary/aromatic N) is 2. The van der Waals surface area contributed by atoms with E-state index in [1.807, 2.05) is 65.6 Å². The molecule has 1 unspecified atom stereocenters. The van der Waals surface area contributed by atoms with Crippen LogP contribution in [0.1, 0.15) is 24.8 Å². The number of piperidine rings is 1. The smallest absolute Gasteiger partial charge is 0.234 e. The summed E-state index contributed by atoms with van der Waals surface area (Å²) in [6.07, 6.45) is 2.19. The van der Waals surface area contributed by atoms with Gasteiger partial charge in [0.2, 0.25) is 15.9 Å². The molecule has 5 nitrogen and oxygen atoms in total. The molecule has 1 amide bonds. The van der Waals surface area contributed by atoms with Gasteiger partial charge in [0.15, 0.2) is 0 Å². The van der Waals surface area contributed by atoms with Gasteiger partial charge in [-0.25, -0.2) is 12.7 Å². The number of rotatable bonds is 4. The third-order valence-electron chi connectivity index (χ3n) is 5.71. The molecule has 0 aliphatic carbocycles. The van der Waals surface area contributed by atoms with Crippen LogP contribution in [0.4, 0.5) is 5.69 Å². The lowest BCUT2D eigenvalue weighted by Gasteiger charge is -2.38. The zero-order valence-electron chi connectivity index (χ0n) is 15.3. The van der Waals surface area contributed by atoms with Crippen molar-refractivity contribution < 1.29 is 13.2 Å². The molecule has 0 radical (unpaired) electrons. The van der Waals surface area contributed by atoms with Gasteiger partial charge in [-0.3, -0.25) is 4.79 Å². The molecule has 2 aliphatic rings. The van der Waals surface area contributed by atoms with Gasteiger partial charge in [0, 0.05) is 25.3 Å². The van der Waals surface area contributed by atoms with Crippen LogP contribution < -0.4 is 4.90 Å². The zero-order chi connectivity index (χ0) is 18.9. The van der Waals surface area contributed by atoms with Crippen LogP contribution >= 0.6 is 0 Å². The summed E-state index contributed by atoms with van der Waals surface area (Å²) in [6, 6.07) is 18.9. The van der Waals surface area contributed by atoms with Gasteiger partial charge in [-0.1, -0.05) is 48.5 Å². The largest absolute Gasteiger partial charge is 0.312 e. The predicted octanol–water partition coefficient (Wildman–Crippen LogP) is 3.04. The van der Waals surface area contributed by atoms with Crippen molar-refractivity contribution in [2.45, 2.75) is 25.0 Å². The highest BCUT2D eigenvalue weighted by molar-refractivity contribution is 7.88. The van der Waals surface area contributed by atoms with Crippen molar-refractivity contribution in [1.29, 1.82) is 0 Å². The van der Waals surface area contributed by atoms with E-state index in [2.05, 4.69) is 0 Å². The van der Waals surface area contributed by atoms with Crippen molar-refractivity contribution in [1.82, 2.24) is 4.31 Å². The summed E-state index contributed by atoms with van der Waals surface area (Å²) in [7, 11) is -3.44. The Labute approximate surface area is 160 Å². The fourth-order valence-electron chi connectivity index (χ4n) is 4.26. The number of hydrogen-bond donors (Lipinski definition) is 0. The molecule has 0 aromatic heterocycles. The maximum absolute atomic E-state index is 13.2. The van der Waals surface area contributed by atoms with Gasteiger partial charge in [0.05, 0.1) is 11.2 Å². The molecule has 6 heteroatoms. The highest BCUT2D eigenvalue weighted by atomic mass is 32.2. The molecule has 4 rings (SSSR count). The SMILES string of the molecule is O=C1N(c2ccccc2)CCC12CCCN(S(=O)(=O)Cc1ccccc1)C2. The monoisotopic (exact) mass is 384 g/mol. The van der Waals surface area contributed by atoms with Crippen molar-refractivity contribution in [2.75, 3.05) is 24.5 Å². The molecule has 2 aromatic carbocycles. The zero-order valence-corrected chi connectivity index (χ0v) is 16.1. The summed E-state index contributed by atoms with van der Waals surface area (Å²) < 4.78 is 27.4. The van der Waals surface area contributed by atoms with Crippen molar-refractivity contribution in [3.05, 3.63) is 66.2 Å². The Kier molecular flexibility index (Phi) is 4.78. The van der Waals surface area contributed by atoms with Crippen LogP contribution in [0.25, 0.3) is 0 Å². The first-order valence-electron chi connectivity index (χ1n) is 9.39. The van der Waals surface area contributed by atoms with E-state index in [0.717, 1.165) is 24.1 Å². The molecule has 2 fully saturated rings.